The summed E-state index contributed by atoms with van der Waals surface area (Å²) in [6.45, 7) is 5.47. The topological polar surface area (TPSA) is 83.1 Å². The number of fused-ring (bicyclic) bond motifs is 1. The van der Waals surface area contributed by atoms with Gasteiger partial charge < -0.3 is 25.0 Å². The first-order valence-electron chi connectivity index (χ1n) is 11.1. The van der Waals surface area contributed by atoms with Gasteiger partial charge in [-0.15, -0.1) is 0 Å². The van der Waals surface area contributed by atoms with Crippen LogP contribution in [-0.2, 0) is 9.59 Å². The fourth-order valence-electron chi connectivity index (χ4n) is 4.02. The van der Waals surface area contributed by atoms with E-state index in [1.165, 1.54) is 5.69 Å². The Morgan fingerprint density at radius 1 is 1.12 bits per heavy atom. The van der Waals surface area contributed by atoms with Crippen LogP contribution in [-0.4, -0.2) is 69.2 Å². The van der Waals surface area contributed by atoms with Gasteiger partial charge >= 0.3 is 0 Å². The molecule has 4 rings (SSSR count). The number of carbonyl (C=O) groups is 2. The van der Waals surface area contributed by atoms with Crippen LogP contribution >= 0.6 is 0 Å². The highest BCUT2D eigenvalue weighted by atomic mass is 16.5. The number of ether oxygens (including phenoxy) is 2. The molecular weight excluding hydrogens is 408 g/mol. The molecule has 1 atom stereocenters. The van der Waals surface area contributed by atoms with Crippen LogP contribution in [0.2, 0.25) is 0 Å². The van der Waals surface area contributed by atoms with Crippen molar-refractivity contribution in [2.75, 3.05) is 56.6 Å². The second kappa shape index (κ2) is 10.4. The van der Waals surface area contributed by atoms with Crippen LogP contribution in [0.1, 0.15) is 12.8 Å². The van der Waals surface area contributed by atoms with Crippen molar-refractivity contribution in [3.63, 3.8) is 0 Å². The Labute approximate surface area is 188 Å². The van der Waals surface area contributed by atoms with Crippen LogP contribution in [0.5, 0.6) is 11.5 Å². The highest BCUT2D eigenvalue weighted by Gasteiger charge is 2.29. The van der Waals surface area contributed by atoms with E-state index in [0.717, 1.165) is 44.9 Å². The van der Waals surface area contributed by atoms with Crippen molar-refractivity contribution in [1.29, 1.82) is 0 Å². The zero-order valence-electron chi connectivity index (χ0n) is 18.4. The maximum absolute atomic E-state index is 12.3. The third kappa shape index (κ3) is 5.50. The van der Waals surface area contributed by atoms with Gasteiger partial charge in [-0.1, -0.05) is 12.1 Å². The lowest BCUT2D eigenvalue weighted by molar-refractivity contribution is -0.130. The zero-order valence-corrected chi connectivity index (χ0v) is 18.4. The summed E-state index contributed by atoms with van der Waals surface area (Å²) in [6.07, 6.45) is 0.0890. The Morgan fingerprint density at radius 2 is 1.88 bits per heavy atom. The van der Waals surface area contributed by atoms with Crippen LogP contribution in [0.25, 0.3) is 0 Å². The minimum Gasteiger partial charge on any atom is -0.497 e. The maximum atomic E-state index is 12.3. The number of rotatable bonds is 8. The van der Waals surface area contributed by atoms with Gasteiger partial charge in [0.2, 0.25) is 5.91 Å². The monoisotopic (exact) mass is 438 g/mol. The molecule has 0 aliphatic carbocycles. The lowest BCUT2D eigenvalue weighted by atomic mass is 10.1. The van der Waals surface area contributed by atoms with E-state index in [2.05, 4.69) is 32.6 Å². The third-order valence-electron chi connectivity index (χ3n) is 5.86. The summed E-state index contributed by atoms with van der Waals surface area (Å²) in [5.74, 6) is 1.01. The van der Waals surface area contributed by atoms with Crippen LogP contribution < -0.4 is 25.0 Å². The summed E-state index contributed by atoms with van der Waals surface area (Å²) in [5, 5.41) is 5.70. The van der Waals surface area contributed by atoms with Crippen LogP contribution in [0.3, 0.4) is 0 Å². The van der Waals surface area contributed by atoms with Gasteiger partial charge in [0, 0.05) is 38.4 Å². The van der Waals surface area contributed by atoms with Crippen molar-refractivity contribution in [2.24, 2.45) is 0 Å². The highest BCUT2D eigenvalue weighted by molar-refractivity contribution is 5.99. The van der Waals surface area contributed by atoms with E-state index in [-0.39, 0.29) is 18.2 Å². The maximum Gasteiger partial charge on any atom is 0.266 e. The standard InChI is InChI=1S/C24H30N4O4/c1-31-19-9-7-18(8-10-19)28-15-13-27(14-16-28)12-4-11-25-23(29)17-22-24(30)26-20-5-2-3-6-21(20)32-22/h2-3,5-10,22H,4,11-17H2,1H3,(H,25,29)(H,26,30). The van der Waals surface area contributed by atoms with E-state index in [1.807, 2.05) is 24.3 Å². The molecule has 2 N–H and O–H groups in total. The third-order valence-corrected chi connectivity index (χ3v) is 5.86. The number of methoxy groups -OCH3 is 1. The van der Waals surface area contributed by atoms with Gasteiger partial charge in [0.1, 0.15) is 11.5 Å². The van der Waals surface area contributed by atoms with Crippen molar-refractivity contribution >= 4 is 23.2 Å². The number of nitrogens with zero attached hydrogens (tertiary/aromatic N) is 2. The first-order chi connectivity index (χ1) is 15.6. The number of amides is 2. The average molecular weight is 439 g/mol. The molecule has 0 spiro atoms. The quantitative estimate of drug-likeness (QED) is 0.615. The van der Waals surface area contributed by atoms with Crippen molar-refractivity contribution in [2.45, 2.75) is 18.9 Å². The molecule has 2 aliphatic heterocycles. The van der Waals surface area contributed by atoms with E-state index in [1.54, 1.807) is 19.2 Å². The number of para-hydroxylation sites is 2. The van der Waals surface area contributed by atoms with Crippen molar-refractivity contribution < 1.29 is 19.1 Å². The van der Waals surface area contributed by atoms with Gasteiger partial charge in [0.25, 0.3) is 5.91 Å². The Morgan fingerprint density at radius 3 is 2.62 bits per heavy atom. The first kappa shape index (κ1) is 22.0. The summed E-state index contributed by atoms with van der Waals surface area (Å²) >= 11 is 0. The van der Waals surface area contributed by atoms with Gasteiger partial charge in [-0.2, -0.15) is 0 Å². The van der Waals surface area contributed by atoms with Gasteiger partial charge in [0.15, 0.2) is 6.10 Å². The number of carbonyl (C=O) groups excluding carboxylic acids is 2. The van der Waals surface area contributed by atoms with Crippen LogP contribution in [0.15, 0.2) is 48.5 Å². The van der Waals surface area contributed by atoms with E-state index in [9.17, 15) is 9.59 Å². The molecule has 8 heteroatoms. The van der Waals surface area contributed by atoms with Gasteiger partial charge in [-0.25, -0.2) is 0 Å². The van der Waals surface area contributed by atoms with Gasteiger partial charge in [-0.3, -0.25) is 14.5 Å². The molecule has 32 heavy (non-hydrogen) atoms. The van der Waals surface area contributed by atoms with E-state index < -0.39 is 6.10 Å². The van der Waals surface area contributed by atoms with Crippen LogP contribution in [0.4, 0.5) is 11.4 Å². The summed E-state index contributed by atoms with van der Waals surface area (Å²) in [5.41, 5.74) is 1.86. The molecule has 1 saturated heterocycles. The molecule has 1 unspecified atom stereocenters. The summed E-state index contributed by atoms with van der Waals surface area (Å²) in [7, 11) is 1.68. The van der Waals surface area contributed by atoms with E-state index in [4.69, 9.17) is 9.47 Å². The molecule has 0 bridgehead atoms. The van der Waals surface area contributed by atoms with Gasteiger partial charge in [0.05, 0.1) is 19.2 Å². The zero-order chi connectivity index (χ0) is 22.3. The molecule has 2 heterocycles. The number of hydrogen-bond donors (Lipinski definition) is 2. The summed E-state index contributed by atoms with van der Waals surface area (Å²) < 4.78 is 10.9. The van der Waals surface area contributed by atoms with Crippen LogP contribution in [0, 0.1) is 0 Å². The predicted octanol–water partition coefficient (Wildman–Crippen LogP) is 2.11. The van der Waals surface area contributed by atoms with E-state index in [0.29, 0.717) is 18.0 Å². The highest BCUT2D eigenvalue weighted by Crippen LogP contribution is 2.29. The molecule has 0 saturated carbocycles. The van der Waals surface area contributed by atoms with Crippen molar-refractivity contribution in [3.05, 3.63) is 48.5 Å². The Bertz CT molecular complexity index is 926. The molecule has 8 nitrogen and oxygen atoms in total. The molecule has 0 radical (unpaired) electrons. The minimum absolute atomic E-state index is 0.0146. The number of piperazine rings is 1. The second-order valence-corrected chi connectivity index (χ2v) is 8.03. The summed E-state index contributed by atoms with van der Waals surface area (Å²) in [4.78, 5) is 29.2. The number of nitrogens with one attached hydrogen (secondary N) is 2. The SMILES string of the molecule is COc1ccc(N2CCN(CCCNC(=O)CC3Oc4ccccc4NC3=O)CC2)cc1. The smallest absolute Gasteiger partial charge is 0.266 e. The van der Waals surface area contributed by atoms with Gasteiger partial charge in [-0.05, 0) is 49.4 Å². The molecule has 170 valence electrons. The Hall–Kier alpha value is -3.26. The minimum atomic E-state index is -0.795. The molecule has 2 amide bonds. The number of benzene rings is 2. The predicted molar refractivity (Wildman–Crippen MR) is 123 cm³/mol. The Balaban J connectivity index is 1.12. The van der Waals surface area contributed by atoms with Crippen molar-refractivity contribution in [3.8, 4) is 11.5 Å². The Kier molecular flexibility index (Phi) is 7.11. The fourth-order valence-corrected chi connectivity index (χ4v) is 4.02. The molecule has 2 aromatic rings. The summed E-state index contributed by atoms with van der Waals surface area (Å²) in [6, 6.07) is 15.4. The largest absolute Gasteiger partial charge is 0.497 e. The lowest BCUT2D eigenvalue weighted by Crippen LogP contribution is -2.47. The molecule has 2 aromatic carbocycles. The number of anilines is 2. The van der Waals surface area contributed by atoms with Crippen molar-refractivity contribution in [1.82, 2.24) is 10.2 Å². The number of hydrogen-bond acceptors (Lipinski definition) is 6. The fraction of sp³-hybridized carbons (Fsp3) is 0.417. The molecule has 1 fully saturated rings. The lowest BCUT2D eigenvalue weighted by Gasteiger charge is -2.36. The normalized spacial score (nSPS) is 18.3. The van der Waals surface area contributed by atoms with E-state index >= 15 is 0 Å². The first-order valence-corrected chi connectivity index (χ1v) is 11.1. The average Bonchev–Trinajstić information content (AvgIpc) is 2.83. The molecular formula is C24H30N4O4. The molecule has 0 aromatic heterocycles. The molecule has 2 aliphatic rings. The second-order valence-electron chi connectivity index (χ2n) is 8.03.